The molecule has 0 aromatic rings. The van der Waals surface area contributed by atoms with Gasteiger partial charge >= 0.3 is 6.09 Å². The Morgan fingerprint density at radius 1 is 1.00 bits per heavy atom. The Balaban J connectivity index is 0.00000480. The average Bonchev–Trinajstić information content (AvgIpc) is 2.74. The summed E-state index contributed by atoms with van der Waals surface area (Å²) in [6, 6.07) is 0.631. The van der Waals surface area contributed by atoms with Crippen LogP contribution in [0.1, 0.15) is 65.2 Å². The van der Waals surface area contributed by atoms with Crippen molar-refractivity contribution in [2.75, 3.05) is 40.3 Å². The van der Waals surface area contributed by atoms with Crippen LogP contribution in [0.3, 0.4) is 0 Å². The van der Waals surface area contributed by atoms with Gasteiger partial charge in [0.15, 0.2) is 5.96 Å². The first-order valence-electron chi connectivity index (χ1n) is 11.6. The van der Waals surface area contributed by atoms with Crippen LogP contribution in [0.5, 0.6) is 0 Å². The number of aliphatic imine (C=N–C) groups is 1. The Bertz CT molecular complexity index is 571. The normalized spacial score (nSPS) is 22.3. The van der Waals surface area contributed by atoms with Crippen molar-refractivity contribution in [1.82, 2.24) is 20.4 Å². The van der Waals surface area contributed by atoms with Crippen LogP contribution in [0, 0.1) is 5.92 Å². The predicted molar refractivity (Wildman–Crippen MR) is 135 cm³/mol. The zero-order chi connectivity index (χ0) is 21.9. The van der Waals surface area contributed by atoms with Crippen molar-refractivity contribution in [2.45, 2.75) is 77.3 Å². The average molecular weight is 552 g/mol. The molecule has 2 fully saturated rings. The minimum Gasteiger partial charge on any atom is -0.450 e. The summed E-state index contributed by atoms with van der Waals surface area (Å²) in [6.45, 7) is 5.96. The summed E-state index contributed by atoms with van der Waals surface area (Å²) < 4.78 is 5.10. The molecule has 0 bridgehead atoms. The number of guanidine groups is 1. The Morgan fingerprint density at radius 2 is 1.58 bits per heavy atom. The molecule has 0 spiro atoms. The summed E-state index contributed by atoms with van der Waals surface area (Å²) in [5.74, 6) is 1.56. The van der Waals surface area contributed by atoms with Gasteiger partial charge in [-0.15, -0.1) is 24.0 Å². The molecule has 1 aliphatic carbocycles. The fourth-order valence-corrected chi connectivity index (χ4v) is 4.23. The fraction of sp³-hybridized carbons (Fsp3) is 0.864. The van der Waals surface area contributed by atoms with Gasteiger partial charge in [0.2, 0.25) is 5.91 Å². The standard InChI is InChI=1S/C22H41N5O3.HI/c1-5-7-17-8-10-18(11-9-17)24-21(23-16-20(28)26(3)4)25-19-12-14-27(15-13-19)22(29)30-6-2;/h17-19H,5-16H2,1-4H3,(H2,23,24,25);1H. The summed E-state index contributed by atoms with van der Waals surface area (Å²) in [4.78, 5) is 31.8. The van der Waals surface area contributed by atoms with Crippen molar-refractivity contribution in [3.05, 3.63) is 0 Å². The molecule has 0 radical (unpaired) electrons. The quantitative estimate of drug-likeness (QED) is 0.289. The first-order valence-corrected chi connectivity index (χ1v) is 11.6. The third kappa shape index (κ3) is 9.82. The number of carbonyl (C=O) groups excluding carboxylic acids is 2. The van der Waals surface area contributed by atoms with Crippen LogP contribution in [0.15, 0.2) is 4.99 Å². The summed E-state index contributed by atoms with van der Waals surface area (Å²) in [5, 5.41) is 7.09. The molecule has 0 aromatic heterocycles. The van der Waals surface area contributed by atoms with Crippen molar-refractivity contribution < 1.29 is 14.3 Å². The summed E-state index contributed by atoms with van der Waals surface area (Å²) >= 11 is 0. The van der Waals surface area contributed by atoms with Crippen molar-refractivity contribution in [3.8, 4) is 0 Å². The number of likely N-dealkylation sites (tertiary alicyclic amines) is 1. The van der Waals surface area contributed by atoms with Gasteiger partial charge in [0.1, 0.15) is 6.54 Å². The third-order valence-corrected chi connectivity index (χ3v) is 6.12. The molecule has 1 saturated carbocycles. The molecule has 2 aliphatic rings. The number of hydrogen-bond donors (Lipinski definition) is 2. The lowest BCUT2D eigenvalue weighted by atomic mass is 9.83. The number of nitrogens with zero attached hydrogens (tertiary/aromatic N) is 3. The minimum atomic E-state index is -0.233. The molecule has 0 unspecified atom stereocenters. The summed E-state index contributed by atoms with van der Waals surface area (Å²) in [5.41, 5.74) is 0. The molecule has 2 N–H and O–H groups in total. The van der Waals surface area contributed by atoms with Crippen LogP contribution in [0.25, 0.3) is 0 Å². The number of carbonyl (C=O) groups is 2. The molecule has 31 heavy (non-hydrogen) atoms. The van der Waals surface area contributed by atoms with Gasteiger partial charge in [-0.3, -0.25) is 4.79 Å². The largest absolute Gasteiger partial charge is 0.450 e. The van der Waals surface area contributed by atoms with Crippen LogP contribution in [-0.2, 0) is 9.53 Å². The zero-order valence-electron chi connectivity index (χ0n) is 19.7. The molecule has 8 nitrogen and oxygen atoms in total. The number of likely N-dealkylation sites (N-methyl/N-ethyl adjacent to an activating group) is 1. The molecular formula is C22H42IN5O3. The smallest absolute Gasteiger partial charge is 0.409 e. The van der Waals surface area contributed by atoms with Crippen molar-refractivity contribution in [2.24, 2.45) is 10.9 Å². The number of amides is 2. The van der Waals surface area contributed by atoms with Gasteiger partial charge in [0.05, 0.1) is 6.61 Å². The molecule has 0 atom stereocenters. The number of nitrogens with one attached hydrogen (secondary N) is 2. The minimum absolute atomic E-state index is 0. The number of piperidine rings is 1. The highest BCUT2D eigenvalue weighted by atomic mass is 127. The van der Waals surface area contributed by atoms with Crippen molar-refractivity contribution >= 4 is 41.9 Å². The van der Waals surface area contributed by atoms with E-state index < -0.39 is 0 Å². The Kier molecular flexibility index (Phi) is 13.2. The van der Waals surface area contributed by atoms with E-state index in [9.17, 15) is 9.59 Å². The van der Waals surface area contributed by atoms with E-state index >= 15 is 0 Å². The lowest BCUT2D eigenvalue weighted by molar-refractivity contribution is -0.127. The van der Waals surface area contributed by atoms with E-state index in [-0.39, 0.29) is 48.6 Å². The maximum absolute atomic E-state index is 12.0. The number of rotatable bonds is 7. The number of halogens is 1. The first-order chi connectivity index (χ1) is 14.4. The third-order valence-electron chi connectivity index (χ3n) is 6.12. The second kappa shape index (κ2) is 14.7. The van der Waals surface area contributed by atoms with E-state index in [1.807, 2.05) is 6.92 Å². The highest BCUT2D eigenvalue weighted by molar-refractivity contribution is 14.0. The van der Waals surface area contributed by atoms with Gasteiger partial charge in [-0.25, -0.2) is 9.79 Å². The van der Waals surface area contributed by atoms with Gasteiger partial charge in [-0.2, -0.15) is 0 Å². The molecule has 2 amide bonds. The van der Waals surface area contributed by atoms with Crippen LogP contribution < -0.4 is 10.6 Å². The van der Waals surface area contributed by atoms with Gasteiger partial charge < -0.3 is 25.2 Å². The van der Waals surface area contributed by atoms with Crippen LogP contribution in [0.2, 0.25) is 0 Å². The summed E-state index contributed by atoms with van der Waals surface area (Å²) in [7, 11) is 3.50. The van der Waals surface area contributed by atoms with Gasteiger partial charge in [0.25, 0.3) is 0 Å². The van der Waals surface area contributed by atoms with E-state index in [0.29, 0.717) is 25.7 Å². The molecule has 1 saturated heterocycles. The molecule has 9 heteroatoms. The second-order valence-electron chi connectivity index (χ2n) is 8.71. The van der Waals surface area contributed by atoms with Crippen LogP contribution in [0.4, 0.5) is 4.79 Å². The molecule has 180 valence electrons. The SMILES string of the molecule is CCCC1CCC(NC(=NCC(=O)N(C)C)NC2CCN(C(=O)OCC)CC2)CC1.I. The van der Waals surface area contributed by atoms with Gasteiger partial charge in [0, 0.05) is 39.3 Å². The van der Waals surface area contributed by atoms with E-state index in [1.165, 1.54) is 25.7 Å². The zero-order valence-corrected chi connectivity index (χ0v) is 22.0. The number of ether oxygens (including phenoxy) is 1. The maximum atomic E-state index is 12.0. The van der Waals surface area contributed by atoms with E-state index in [2.05, 4.69) is 22.5 Å². The van der Waals surface area contributed by atoms with Crippen molar-refractivity contribution in [3.63, 3.8) is 0 Å². The molecule has 0 aromatic carbocycles. The van der Waals surface area contributed by atoms with E-state index in [4.69, 9.17) is 4.74 Å². The van der Waals surface area contributed by atoms with Crippen LogP contribution in [-0.4, -0.2) is 80.2 Å². The van der Waals surface area contributed by atoms with Gasteiger partial charge in [-0.05, 0) is 51.4 Å². The first kappa shape index (κ1) is 27.8. The van der Waals surface area contributed by atoms with E-state index in [1.54, 1.807) is 23.9 Å². The Hall–Kier alpha value is -1.26. The maximum Gasteiger partial charge on any atom is 0.409 e. The molecule has 1 aliphatic heterocycles. The Labute approximate surface area is 204 Å². The monoisotopic (exact) mass is 551 g/mol. The lowest BCUT2D eigenvalue weighted by Crippen LogP contribution is -2.52. The fourth-order valence-electron chi connectivity index (χ4n) is 4.23. The number of hydrogen-bond acceptors (Lipinski definition) is 4. The van der Waals surface area contributed by atoms with Crippen LogP contribution >= 0.6 is 24.0 Å². The van der Waals surface area contributed by atoms with E-state index in [0.717, 1.165) is 37.6 Å². The highest BCUT2D eigenvalue weighted by Crippen LogP contribution is 2.27. The predicted octanol–water partition coefficient (Wildman–Crippen LogP) is 3.21. The van der Waals surface area contributed by atoms with Gasteiger partial charge in [-0.1, -0.05) is 19.8 Å². The van der Waals surface area contributed by atoms with Crippen molar-refractivity contribution in [1.29, 1.82) is 0 Å². The molecule has 1 heterocycles. The lowest BCUT2D eigenvalue weighted by Gasteiger charge is -2.34. The molecule has 2 rings (SSSR count). The Morgan fingerprint density at radius 3 is 2.10 bits per heavy atom. The highest BCUT2D eigenvalue weighted by Gasteiger charge is 2.26. The summed E-state index contributed by atoms with van der Waals surface area (Å²) in [6.07, 6.45) is 8.83. The second-order valence-corrected chi connectivity index (χ2v) is 8.71. The topological polar surface area (TPSA) is 86.3 Å². The molecular weight excluding hydrogens is 509 g/mol.